The van der Waals surface area contributed by atoms with E-state index in [9.17, 15) is 4.79 Å². The van der Waals surface area contributed by atoms with Gasteiger partial charge in [0.1, 0.15) is 0 Å². The van der Waals surface area contributed by atoms with E-state index in [-0.39, 0.29) is 23.8 Å². The summed E-state index contributed by atoms with van der Waals surface area (Å²) in [6, 6.07) is 8.77. The minimum Gasteiger partial charge on any atom is -0.469 e. The number of benzene rings is 1. The molecule has 0 saturated carbocycles. The van der Waals surface area contributed by atoms with Gasteiger partial charge in [0.2, 0.25) is 0 Å². The molecule has 2 aliphatic heterocycles. The van der Waals surface area contributed by atoms with Gasteiger partial charge in [-0.3, -0.25) is 9.69 Å². The normalized spacial score (nSPS) is 30.7. The summed E-state index contributed by atoms with van der Waals surface area (Å²) in [7, 11) is 1.50. The molecule has 2 saturated heterocycles. The van der Waals surface area contributed by atoms with Crippen molar-refractivity contribution < 1.29 is 9.53 Å². The van der Waals surface area contributed by atoms with E-state index in [0.29, 0.717) is 6.04 Å². The van der Waals surface area contributed by atoms with Crippen molar-refractivity contribution in [3.8, 4) is 0 Å². The Bertz CT molecular complexity index is 589. The number of fused-ring (bicyclic) bond motifs is 2. The van der Waals surface area contributed by atoms with Gasteiger partial charge in [-0.25, -0.2) is 0 Å². The Balaban J connectivity index is 1.91. The number of hydrogen-bond acceptors (Lipinski definition) is 3. The minimum atomic E-state index is -0.0949. The maximum Gasteiger partial charge on any atom is 0.310 e. The summed E-state index contributed by atoms with van der Waals surface area (Å²) < 4.78 is 7.21. The van der Waals surface area contributed by atoms with Crippen LogP contribution < -0.4 is 0 Å². The number of nitrogens with zero attached hydrogens (tertiary/aromatic N) is 1. The second kappa shape index (κ2) is 7.53. The van der Waals surface area contributed by atoms with E-state index in [1.54, 1.807) is 0 Å². The fraction of sp³-hybridized carbons (Fsp3) is 0.500. The van der Waals surface area contributed by atoms with Crippen LogP contribution in [0.4, 0.5) is 0 Å². The van der Waals surface area contributed by atoms with Crippen LogP contribution in [0, 0.1) is 5.92 Å². The lowest BCUT2D eigenvalue weighted by Crippen LogP contribution is -2.50. The van der Waals surface area contributed by atoms with Crippen LogP contribution in [0.3, 0.4) is 0 Å². The molecule has 3 rings (SSSR count). The zero-order chi connectivity index (χ0) is 16.4. The first-order chi connectivity index (χ1) is 11.2. The predicted octanol–water partition coefficient (Wildman–Crippen LogP) is 4.40. The monoisotopic (exact) mass is 443 g/mol. The van der Waals surface area contributed by atoms with Crippen molar-refractivity contribution in [1.82, 2.24) is 4.90 Å². The summed E-state index contributed by atoms with van der Waals surface area (Å²) in [6.07, 6.45) is 5.41. The van der Waals surface area contributed by atoms with E-state index >= 15 is 0 Å². The quantitative estimate of drug-likeness (QED) is 0.510. The zero-order valence-electron chi connectivity index (χ0n) is 13.1. The Hall–Kier alpha value is -0.590. The third kappa shape index (κ3) is 3.44. The summed E-state index contributed by atoms with van der Waals surface area (Å²) >= 11 is 8.27. The number of halogens is 2. The number of methoxy groups -OCH3 is 1. The Kier molecular flexibility index (Phi) is 5.65. The smallest absolute Gasteiger partial charge is 0.310 e. The van der Waals surface area contributed by atoms with Gasteiger partial charge >= 0.3 is 5.97 Å². The first-order valence-corrected chi connectivity index (χ1v) is 9.62. The summed E-state index contributed by atoms with van der Waals surface area (Å²) in [5, 5.41) is 0.732. The molecule has 23 heavy (non-hydrogen) atoms. The fourth-order valence-electron chi connectivity index (χ4n) is 4.27. The van der Waals surface area contributed by atoms with Crippen molar-refractivity contribution >= 4 is 40.2 Å². The van der Waals surface area contributed by atoms with Gasteiger partial charge in [-0.05, 0) is 41.0 Å². The third-order valence-corrected chi connectivity index (χ3v) is 6.00. The average molecular weight is 444 g/mol. The van der Waals surface area contributed by atoms with Crippen molar-refractivity contribution in [3.63, 3.8) is 0 Å². The lowest BCUT2D eigenvalue weighted by Gasteiger charge is -2.43. The van der Waals surface area contributed by atoms with Gasteiger partial charge in [-0.15, -0.1) is 0 Å². The van der Waals surface area contributed by atoms with Crippen molar-refractivity contribution in [2.24, 2.45) is 5.92 Å². The van der Waals surface area contributed by atoms with Gasteiger partial charge in [-0.2, -0.15) is 0 Å². The summed E-state index contributed by atoms with van der Waals surface area (Å²) in [6.45, 7) is 0.916. The molecule has 1 aromatic carbocycles. The van der Waals surface area contributed by atoms with Crippen LogP contribution in [0.5, 0.6) is 0 Å². The van der Waals surface area contributed by atoms with Crippen LogP contribution in [0.2, 0.25) is 5.02 Å². The molecule has 0 spiro atoms. The SMILES string of the molecule is COC(=O)[C@H]1[C@@H](c2ccc(Cl)cc2)C[C@@H]2CC[C@H]1N2C/C=C\[125I]. The van der Waals surface area contributed by atoms with Crippen LogP contribution >= 0.6 is 34.2 Å². The number of carbonyl (C=O) groups excluding carboxylic acids is 1. The maximum absolute atomic E-state index is 12.5. The summed E-state index contributed by atoms with van der Waals surface area (Å²) in [5.74, 6) is 0.0401. The second-order valence-electron chi connectivity index (χ2n) is 6.30. The van der Waals surface area contributed by atoms with E-state index in [2.05, 4.69) is 49.8 Å². The molecular formula is C18H21ClINO2. The maximum atomic E-state index is 12.5. The van der Waals surface area contributed by atoms with Gasteiger partial charge in [-0.1, -0.05) is 52.4 Å². The standard InChI is InChI=1S/C18H21ClINO2/c1-23-18(22)17-15(12-3-5-13(19)6-4-12)11-14-7-8-16(17)21(14)10-2-9-20/h2-6,9,14-17H,7-8,10-11H2,1H3/b9-2-/t14-,15+,16+,17-/m0/s1/i20-2. The number of esters is 1. The molecule has 0 radical (unpaired) electrons. The molecule has 2 heterocycles. The van der Waals surface area contributed by atoms with E-state index in [0.717, 1.165) is 30.8 Å². The molecule has 5 heteroatoms. The largest absolute Gasteiger partial charge is 0.469 e. The molecule has 2 aliphatic rings. The van der Waals surface area contributed by atoms with Crippen LogP contribution in [-0.4, -0.2) is 36.6 Å². The highest BCUT2D eigenvalue weighted by molar-refractivity contribution is 14.1. The highest BCUT2D eigenvalue weighted by Crippen LogP contribution is 2.47. The molecule has 1 aromatic rings. The van der Waals surface area contributed by atoms with E-state index in [1.165, 1.54) is 12.7 Å². The molecule has 0 unspecified atom stereocenters. The first-order valence-electron chi connectivity index (χ1n) is 8.00. The van der Waals surface area contributed by atoms with Crippen molar-refractivity contribution in [1.29, 1.82) is 0 Å². The molecule has 0 aliphatic carbocycles. The average Bonchev–Trinajstić information content (AvgIpc) is 2.84. The van der Waals surface area contributed by atoms with Gasteiger partial charge in [0.15, 0.2) is 0 Å². The predicted molar refractivity (Wildman–Crippen MR) is 101 cm³/mol. The van der Waals surface area contributed by atoms with Gasteiger partial charge in [0.25, 0.3) is 0 Å². The summed E-state index contributed by atoms with van der Waals surface area (Å²) in [4.78, 5) is 15.0. The topological polar surface area (TPSA) is 29.5 Å². The van der Waals surface area contributed by atoms with Crippen molar-refractivity contribution in [3.05, 3.63) is 45.0 Å². The Morgan fingerprint density at radius 1 is 1.39 bits per heavy atom. The van der Waals surface area contributed by atoms with E-state index < -0.39 is 0 Å². The molecule has 0 aromatic heterocycles. The Morgan fingerprint density at radius 2 is 2.13 bits per heavy atom. The zero-order valence-corrected chi connectivity index (χ0v) is 16.0. The van der Waals surface area contributed by atoms with Crippen LogP contribution in [0.15, 0.2) is 34.4 Å². The van der Waals surface area contributed by atoms with E-state index in [4.69, 9.17) is 16.3 Å². The molecule has 2 fully saturated rings. The Labute approximate surface area is 156 Å². The van der Waals surface area contributed by atoms with Gasteiger partial charge < -0.3 is 4.74 Å². The van der Waals surface area contributed by atoms with Gasteiger partial charge in [0, 0.05) is 29.6 Å². The number of piperidine rings is 1. The molecule has 4 atom stereocenters. The molecule has 2 bridgehead atoms. The highest BCUT2D eigenvalue weighted by atomic mass is 125. The summed E-state index contributed by atoms with van der Waals surface area (Å²) in [5.41, 5.74) is 1.20. The third-order valence-electron chi connectivity index (χ3n) is 5.24. The van der Waals surface area contributed by atoms with Crippen molar-refractivity contribution in [2.75, 3.05) is 13.7 Å². The number of rotatable bonds is 4. The second-order valence-corrected chi connectivity index (χ2v) is 7.46. The minimum absolute atomic E-state index is 0.0845. The number of carbonyl (C=O) groups is 1. The van der Waals surface area contributed by atoms with E-state index in [1.807, 2.05) is 12.1 Å². The molecule has 124 valence electrons. The molecular weight excluding hydrogens is 423 g/mol. The van der Waals surface area contributed by atoms with Crippen LogP contribution in [0.1, 0.15) is 30.7 Å². The van der Waals surface area contributed by atoms with Gasteiger partial charge in [0.05, 0.1) is 13.0 Å². The number of hydrogen-bond donors (Lipinski definition) is 0. The Morgan fingerprint density at radius 3 is 2.78 bits per heavy atom. The highest BCUT2D eigenvalue weighted by Gasteiger charge is 2.50. The van der Waals surface area contributed by atoms with Crippen LogP contribution in [-0.2, 0) is 9.53 Å². The van der Waals surface area contributed by atoms with Crippen LogP contribution in [0.25, 0.3) is 0 Å². The molecule has 0 N–H and O–H groups in total. The molecule has 3 nitrogen and oxygen atoms in total. The van der Waals surface area contributed by atoms with Crippen molar-refractivity contribution in [2.45, 2.75) is 37.3 Å². The number of ether oxygens (including phenoxy) is 1. The fourth-order valence-corrected chi connectivity index (χ4v) is 4.62. The molecule has 0 amide bonds. The first kappa shape index (κ1) is 17.2. The lowest BCUT2D eigenvalue weighted by atomic mass is 9.76. The lowest BCUT2D eigenvalue weighted by molar-refractivity contribution is -0.150.